The molecule has 0 saturated carbocycles. The van der Waals surface area contributed by atoms with Crippen molar-refractivity contribution in [1.82, 2.24) is 34.1 Å². The quantitative estimate of drug-likeness (QED) is 0.0682. The highest BCUT2D eigenvalue weighted by Gasteiger charge is 2.22. The molecule has 5 aromatic rings. The molecule has 5 heterocycles. The third kappa shape index (κ3) is 6.21. The Labute approximate surface area is 245 Å². The fourth-order valence-electron chi connectivity index (χ4n) is 3.98. The molecule has 1 unspecified atom stereocenters. The monoisotopic (exact) mass is 600 g/mol. The van der Waals surface area contributed by atoms with Crippen LogP contribution in [0.2, 0.25) is 0 Å². The molecule has 202 valence electrons. The van der Waals surface area contributed by atoms with Crippen molar-refractivity contribution in [3.8, 4) is 5.82 Å². The molecule has 0 aliphatic heterocycles. The minimum atomic E-state index is -0.480. The number of hydrogen-bond donors (Lipinski definition) is 1. The molecule has 0 N–H and O–H groups in total. The average molecular weight is 601 g/mol. The van der Waals surface area contributed by atoms with Crippen LogP contribution in [0, 0.1) is 24.0 Å². The minimum absolute atomic E-state index is 0. The molecule has 5 aromatic heterocycles. The molecule has 0 fully saturated rings. The third-order valence-corrected chi connectivity index (χ3v) is 8.61. The van der Waals surface area contributed by atoms with Crippen molar-refractivity contribution in [3.05, 3.63) is 94.1 Å². The van der Waals surface area contributed by atoms with E-state index in [0.717, 1.165) is 56.3 Å². The summed E-state index contributed by atoms with van der Waals surface area (Å²) in [5, 5.41) is 15.9. The lowest BCUT2D eigenvalue weighted by molar-refractivity contribution is -0.391. The lowest BCUT2D eigenvalue weighted by Gasteiger charge is -2.17. The number of nitrogens with zero attached hydrogens (tertiary/aromatic N) is 8. The minimum Gasteiger partial charge on any atom is -0.358 e. The number of rotatable bonds is 10. The van der Waals surface area contributed by atoms with E-state index in [9.17, 15) is 10.1 Å². The summed E-state index contributed by atoms with van der Waals surface area (Å²) in [5.74, 6) is 3.20. The standard InChI is InChI=1S/C25H24N8O2S3.ClH/c1-16-5-3-9-27-24(16)31-12-11-28-25(31)23(36)22-17(2)18(8-10-26-22)37-13-4-14-38-20-7-6-19-29-15-21(33(34)35)32(19)30-20;/h3,5-12,15,23,36H,4,13-14H2,1-2H3;1H. The van der Waals surface area contributed by atoms with Crippen LogP contribution in [0.3, 0.4) is 0 Å². The zero-order valence-corrected chi connectivity index (χ0v) is 24.4. The summed E-state index contributed by atoms with van der Waals surface area (Å²) in [4.78, 5) is 29.6. The van der Waals surface area contributed by atoms with Crippen LogP contribution in [-0.4, -0.2) is 50.5 Å². The molecular formula is C25H25ClN8O2S3. The molecule has 39 heavy (non-hydrogen) atoms. The predicted octanol–water partition coefficient (Wildman–Crippen LogP) is 5.95. The van der Waals surface area contributed by atoms with Crippen LogP contribution in [0.15, 0.2) is 71.2 Å². The van der Waals surface area contributed by atoms with Crippen molar-refractivity contribution in [2.45, 2.75) is 35.4 Å². The van der Waals surface area contributed by atoms with E-state index >= 15 is 0 Å². The second kappa shape index (κ2) is 12.8. The maximum Gasteiger partial charge on any atom is 0.368 e. The number of thioether (sulfide) groups is 2. The fourth-order valence-corrected chi connectivity index (χ4v) is 6.40. The van der Waals surface area contributed by atoms with E-state index in [1.165, 1.54) is 10.7 Å². The van der Waals surface area contributed by atoms with Crippen LogP contribution in [0.5, 0.6) is 0 Å². The third-order valence-electron chi connectivity index (χ3n) is 5.88. The highest BCUT2D eigenvalue weighted by atomic mass is 35.5. The lowest BCUT2D eigenvalue weighted by Crippen LogP contribution is -2.10. The number of pyridine rings is 2. The molecule has 0 aromatic carbocycles. The first-order chi connectivity index (χ1) is 18.4. The first-order valence-electron chi connectivity index (χ1n) is 11.8. The first kappa shape index (κ1) is 28.9. The number of nitro groups is 1. The van der Waals surface area contributed by atoms with Crippen molar-refractivity contribution in [2.75, 3.05) is 11.5 Å². The molecule has 14 heteroatoms. The summed E-state index contributed by atoms with van der Waals surface area (Å²) in [6.45, 7) is 4.09. The smallest absolute Gasteiger partial charge is 0.358 e. The van der Waals surface area contributed by atoms with Crippen LogP contribution in [0.25, 0.3) is 11.5 Å². The summed E-state index contributed by atoms with van der Waals surface area (Å²) >= 11 is 8.25. The molecule has 5 rings (SSSR count). The molecule has 0 radical (unpaired) electrons. The van der Waals surface area contributed by atoms with E-state index in [1.54, 1.807) is 42.0 Å². The van der Waals surface area contributed by atoms with Gasteiger partial charge in [0.2, 0.25) is 5.65 Å². The van der Waals surface area contributed by atoms with Crippen LogP contribution in [-0.2, 0) is 0 Å². The van der Waals surface area contributed by atoms with E-state index in [2.05, 4.69) is 32.0 Å². The van der Waals surface area contributed by atoms with Gasteiger partial charge in [0.05, 0.1) is 5.69 Å². The molecular weight excluding hydrogens is 576 g/mol. The summed E-state index contributed by atoms with van der Waals surface area (Å²) in [6, 6.07) is 9.55. The zero-order valence-electron chi connectivity index (χ0n) is 21.0. The second-order valence-electron chi connectivity index (χ2n) is 8.39. The van der Waals surface area contributed by atoms with E-state index in [1.807, 2.05) is 48.1 Å². The zero-order chi connectivity index (χ0) is 26.6. The second-order valence-corrected chi connectivity index (χ2v) is 11.2. The van der Waals surface area contributed by atoms with Gasteiger partial charge in [0.1, 0.15) is 28.1 Å². The normalized spacial score (nSPS) is 11.9. The Hall–Kier alpha value is -3.13. The van der Waals surface area contributed by atoms with Gasteiger partial charge >= 0.3 is 5.82 Å². The maximum absolute atomic E-state index is 11.2. The van der Waals surface area contributed by atoms with Crippen molar-refractivity contribution in [2.24, 2.45) is 0 Å². The van der Waals surface area contributed by atoms with Gasteiger partial charge in [-0.25, -0.2) is 15.0 Å². The Morgan fingerprint density at radius 1 is 1.03 bits per heavy atom. The topological polar surface area (TPSA) is 117 Å². The number of fused-ring (bicyclic) bond motifs is 1. The van der Waals surface area contributed by atoms with Crippen molar-refractivity contribution >= 4 is 60.0 Å². The summed E-state index contributed by atoms with van der Waals surface area (Å²) in [5.41, 5.74) is 3.46. The van der Waals surface area contributed by atoms with Gasteiger partial charge in [0.25, 0.3) is 0 Å². The van der Waals surface area contributed by atoms with Gasteiger partial charge in [-0.15, -0.1) is 35.9 Å². The van der Waals surface area contributed by atoms with Crippen molar-refractivity contribution in [1.29, 1.82) is 0 Å². The van der Waals surface area contributed by atoms with Gasteiger partial charge in [-0.3, -0.25) is 9.55 Å². The molecule has 0 saturated heterocycles. The van der Waals surface area contributed by atoms with E-state index in [0.29, 0.717) is 5.65 Å². The Morgan fingerprint density at radius 3 is 2.64 bits per heavy atom. The number of imidazole rings is 2. The molecule has 0 aliphatic carbocycles. The maximum atomic E-state index is 11.2. The van der Waals surface area contributed by atoms with Crippen molar-refractivity contribution in [3.63, 3.8) is 0 Å². The number of hydrogen-bond acceptors (Lipinski definition) is 10. The Morgan fingerprint density at radius 2 is 1.85 bits per heavy atom. The average Bonchev–Trinajstić information content (AvgIpc) is 3.57. The molecule has 0 aliphatic rings. The largest absolute Gasteiger partial charge is 0.368 e. The van der Waals surface area contributed by atoms with Crippen LogP contribution >= 0.6 is 48.6 Å². The summed E-state index contributed by atoms with van der Waals surface area (Å²) < 4.78 is 3.24. The number of aromatic nitrogens is 7. The van der Waals surface area contributed by atoms with E-state index in [-0.39, 0.29) is 23.5 Å². The Kier molecular flexibility index (Phi) is 9.49. The molecule has 0 spiro atoms. The highest BCUT2D eigenvalue weighted by Crippen LogP contribution is 2.34. The fraction of sp³-hybridized carbons (Fsp3) is 0.240. The van der Waals surface area contributed by atoms with Gasteiger partial charge in [0.15, 0.2) is 0 Å². The molecule has 0 amide bonds. The van der Waals surface area contributed by atoms with Crippen LogP contribution < -0.4 is 0 Å². The van der Waals surface area contributed by atoms with Gasteiger partial charge in [-0.05, 0) is 60.3 Å². The Balaban J connectivity index is 0.00000353. The summed E-state index contributed by atoms with van der Waals surface area (Å²) in [7, 11) is 0. The van der Waals surface area contributed by atoms with Gasteiger partial charge in [0, 0.05) is 41.5 Å². The number of thiol groups is 1. The van der Waals surface area contributed by atoms with Crippen LogP contribution in [0.4, 0.5) is 5.82 Å². The summed E-state index contributed by atoms with van der Waals surface area (Å²) in [6.07, 6.45) is 9.41. The molecule has 0 bridgehead atoms. The van der Waals surface area contributed by atoms with Gasteiger partial charge < -0.3 is 10.1 Å². The van der Waals surface area contributed by atoms with E-state index in [4.69, 9.17) is 12.6 Å². The SMILES string of the molecule is Cc1cccnc1-n1ccnc1C(S)c1nccc(SCCCSc2ccc3ncc([N+](=O)[O-])n3n2)c1C.Cl. The molecule has 10 nitrogen and oxygen atoms in total. The van der Waals surface area contributed by atoms with Gasteiger partial charge in [-0.1, -0.05) is 15.7 Å². The van der Waals surface area contributed by atoms with E-state index < -0.39 is 4.92 Å². The predicted molar refractivity (Wildman–Crippen MR) is 159 cm³/mol. The lowest BCUT2D eigenvalue weighted by atomic mass is 10.1. The number of halogens is 1. The van der Waals surface area contributed by atoms with Crippen LogP contribution in [0.1, 0.15) is 34.3 Å². The number of aryl methyl sites for hydroxylation is 1. The van der Waals surface area contributed by atoms with Crippen molar-refractivity contribution < 1.29 is 4.92 Å². The Bertz CT molecular complexity index is 1610. The highest BCUT2D eigenvalue weighted by molar-refractivity contribution is 8.00. The molecule has 1 atom stereocenters. The first-order valence-corrected chi connectivity index (χ1v) is 14.3. The van der Waals surface area contributed by atoms with Gasteiger partial charge in [-0.2, -0.15) is 12.6 Å².